The van der Waals surface area contributed by atoms with E-state index in [0.29, 0.717) is 19.3 Å². The maximum absolute atomic E-state index is 13.1. The lowest BCUT2D eigenvalue weighted by Gasteiger charge is -2.40. The van der Waals surface area contributed by atoms with Gasteiger partial charge in [-0.3, -0.25) is 4.79 Å². The SMILES string of the molecule is CCCCCCCCCCCCCCCCCCCCCC(O)C(O)C(COC1OC(CO)C(O)C(O)C1O)NC(=O)C(O)CCCCCCCCCCCCCCCCC. The second-order valence-corrected chi connectivity index (χ2v) is 18.6. The van der Waals surface area contributed by atoms with E-state index in [9.17, 15) is 40.5 Å². The van der Waals surface area contributed by atoms with Gasteiger partial charge >= 0.3 is 0 Å². The molecule has 1 heterocycles. The Morgan fingerprint density at radius 1 is 0.508 bits per heavy atom. The zero-order valence-corrected chi connectivity index (χ0v) is 39.4. The highest BCUT2D eigenvalue weighted by molar-refractivity contribution is 5.80. The molecular weight excluding hydrogens is 775 g/mol. The van der Waals surface area contributed by atoms with Gasteiger partial charge in [0.2, 0.25) is 5.91 Å². The largest absolute Gasteiger partial charge is 0.394 e. The van der Waals surface area contributed by atoms with Crippen LogP contribution in [0.15, 0.2) is 0 Å². The van der Waals surface area contributed by atoms with E-state index in [1.54, 1.807) is 0 Å². The van der Waals surface area contributed by atoms with Crippen LogP contribution in [0.5, 0.6) is 0 Å². The molecule has 1 aliphatic rings. The maximum atomic E-state index is 13.1. The summed E-state index contributed by atoms with van der Waals surface area (Å²) in [5, 5.41) is 75.9. The molecule has 0 spiro atoms. The smallest absolute Gasteiger partial charge is 0.249 e. The van der Waals surface area contributed by atoms with Gasteiger partial charge in [0.05, 0.1) is 25.4 Å². The van der Waals surface area contributed by atoms with Crippen LogP contribution in [0.25, 0.3) is 0 Å². The van der Waals surface area contributed by atoms with E-state index >= 15 is 0 Å². The number of amides is 1. The lowest BCUT2D eigenvalue weighted by Crippen LogP contribution is -2.60. The second-order valence-electron chi connectivity index (χ2n) is 18.6. The van der Waals surface area contributed by atoms with E-state index in [4.69, 9.17) is 9.47 Å². The predicted molar refractivity (Wildman–Crippen MR) is 247 cm³/mol. The fraction of sp³-hybridized carbons (Fsp3) is 0.980. The number of carbonyl (C=O) groups excluding carboxylic acids is 1. The fourth-order valence-corrected chi connectivity index (χ4v) is 8.62. The van der Waals surface area contributed by atoms with Gasteiger partial charge in [-0.1, -0.05) is 232 Å². The Balaban J connectivity index is 2.38. The average molecular weight is 874 g/mol. The molecule has 9 atom stereocenters. The lowest BCUT2D eigenvalue weighted by atomic mass is 9.98. The van der Waals surface area contributed by atoms with Crippen LogP contribution in [0.4, 0.5) is 0 Å². The van der Waals surface area contributed by atoms with E-state index in [1.807, 2.05) is 0 Å². The number of carbonyl (C=O) groups is 1. The molecule has 9 unspecified atom stereocenters. The summed E-state index contributed by atoms with van der Waals surface area (Å²) < 4.78 is 11.1. The van der Waals surface area contributed by atoms with Gasteiger partial charge in [0.25, 0.3) is 0 Å². The number of unbranched alkanes of at least 4 members (excludes halogenated alkanes) is 32. The minimum absolute atomic E-state index is 0.266. The standard InChI is InChI=1S/C50H99NO10/c1-3-5-7-9-11-13-15-17-19-20-21-22-24-25-27-29-31-33-35-37-42(53)45(55)41(40-60-50-48(58)47(57)46(56)44(39-52)61-50)51-49(59)43(54)38-36-34-32-30-28-26-23-18-16-14-12-10-8-6-4-2/h41-48,50,52-58H,3-40H2,1-2H3,(H,51,59). The molecule has 1 aliphatic heterocycles. The number of nitrogens with one attached hydrogen (secondary N) is 1. The highest BCUT2D eigenvalue weighted by Gasteiger charge is 2.44. The normalized spacial score (nSPS) is 21.4. The minimum atomic E-state index is -1.66. The molecule has 0 saturated carbocycles. The van der Waals surface area contributed by atoms with Crippen LogP contribution in [0, 0.1) is 0 Å². The Labute approximate surface area is 373 Å². The molecule has 1 amide bonds. The topological polar surface area (TPSA) is 189 Å². The zero-order valence-electron chi connectivity index (χ0n) is 39.4. The molecule has 11 nitrogen and oxygen atoms in total. The van der Waals surface area contributed by atoms with Gasteiger partial charge in [-0.15, -0.1) is 0 Å². The monoisotopic (exact) mass is 874 g/mol. The number of aliphatic hydroxyl groups is 7. The van der Waals surface area contributed by atoms with Gasteiger partial charge in [-0.05, 0) is 12.8 Å². The minimum Gasteiger partial charge on any atom is -0.394 e. The van der Waals surface area contributed by atoms with Crippen molar-refractivity contribution < 1.29 is 50.0 Å². The van der Waals surface area contributed by atoms with Gasteiger partial charge in [-0.2, -0.15) is 0 Å². The van der Waals surface area contributed by atoms with Crippen molar-refractivity contribution in [2.24, 2.45) is 0 Å². The summed E-state index contributed by atoms with van der Waals surface area (Å²) in [7, 11) is 0. The average Bonchev–Trinajstić information content (AvgIpc) is 3.26. The Kier molecular flexibility index (Phi) is 38.7. The number of ether oxygens (including phenoxy) is 2. The maximum Gasteiger partial charge on any atom is 0.249 e. The first-order valence-electron chi connectivity index (χ1n) is 25.9. The van der Waals surface area contributed by atoms with Crippen LogP contribution in [0.1, 0.15) is 245 Å². The number of aliphatic hydroxyl groups excluding tert-OH is 7. The second kappa shape index (κ2) is 40.6. The molecule has 0 aliphatic carbocycles. The van der Waals surface area contributed by atoms with E-state index in [2.05, 4.69) is 19.2 Å². The first-order chi connectivity index (χ1) is 29.7. The zero-order chi connectivity index (χ0) is 44.8. The van der Waals surface area contributed by atoms with Gasteiger partial charge in [0, 0.05) is 0 Å². The molecule has 0 bridgehead atoms. The van der Waals surface area contributed by atoms with Crippen molar-refractivity contribution in [1.29, 1.82) is 0 Å². The van der Waals surface area contributed by atoms with Gasteiger partial charge < -0.3 is 50.5 Å². The first-order valence-corrected chi connectivity index (χ1v) is 25.9. The number of rotatable bonds is 44. The van der Waals surface area contributed by atoms with Crippen molar-refractivity contribution >= 4 is 5.91 Å². The summed E-state index contributed by atoms with van der Waals surface area (Å²) in [5.74, 6) is -0.692. The quantitative estimate of drug-likeness (QED) is 0.0274. The molecule has 0 aromatic carbocycles. The molecule has 1 fully saturated rings. The molecule has 0 aromatic heterocycles. The summed E-state index contributed by atoms with van der Waals surface area (Å²) in [4.78, 5) is 13.1. The molecule has 61 heavy (non-hydrogen) atoms. The molecule has 11 heteroatoms. The number of hydrogen-bond acceptors (Lipinski definition) is 10. The lowest BCUT2D eigenvalue weighted by molar-refractivity contribution is -0.303. The highest BCUT2D eigenvalue weighted by atomic mass is 16.7. The predicted octanol–water partition coefficient (Wildman–Crippen LogP) is 9.45. The summed E-state index contributed by atoms with van der Waals surface area (Å²) >= 11 is 0. The third-order valence-corrected chi connectivity index (χ3v) is 12.9. The molecular formula is C50H99NO10. The van der Waals surface area contributed by atoms with Crippen LogP contribution in [-0.2, 0) is 14.3 Å². The van der Waals surface area contributed by atoms with Crippen molar-refractivity contribution in [2.75, 3.05) is 13.2 Å². The Hall–Kier alpha value is -0.890. The number of hydrogen-bond donors (Lipinski definition) is 8. The molecule has 0 aromatic rings. The van der Waals surface area contributed by atoms with Gasteiger partial charge in [0.15, 0.2) is 6.29 Å². The summed E-state index contributed by atoms with van der Waals surface area (Å²) in [6, 6.07) is -1.16. The molecule has 364 valence electrons. The van der Waals surface area contributed by atoms with Crippen LogP contribution in [0.3, 0.4) is 0 Å². The third kappa shape index (κ3) is 30.0. The van der Waals surface area contributed by atoms with Crippen molar-refractivity contribution in [3.63, 3.8) is 0 Å². The van der Waals surface area contributed by atoms with Crippen molar-refractivity contribution in [3.05, 3.63) is 0 Å². The fourth-order valence-electron chi connectivity index (χ4n) is 8.62. The Morgan fingerprint density at radius 3 is 1.21 bits per heavy atom. The molecule has 0 radical (unpaired) electrons. The molecule has 1 saturated heterocycles. The van der Waals surface area contributed by atoms with Gasteiger partial charge in [0.1, 0.15) is 36.6 Å². The molecule has 1 rings (SSSR count). The van der Waals surface area contributed by atoms with Crippen LogP contribution in [-0.4, -0.2) is 110 Å². The van der Waals surface area contributed by atoms with E-state index in [-0.39, 0.29) is 6.42 Å². The van der Waals surface area contributed by atoms with Crippen molar-refractivity contribution in [3.8, 4) is 0 Å². The highest BCUT2D eigenvalue weighted by Crippen LogP contribution is 2.23. The third-order valence-electron chi connectivity index (χ3n) is 12.9. The Morgan fingerprint density at radius 2 is 0.852 bits per heavy atom. The summed E-state index contributed by atoms with van der Waals surface area (Å²) in [6.07, 6.45) is 31.4. The Bertz CT molecular complexity index is 959. The summed E-state index contributed by atoms with van der Waals surface area (Å²) in [5.41, 5.74) is 0. The van der Waals surface area contributed by atoms with Crippen molar-refractivity contribution in [2.45, 2.75) is 300 Å². The summed E-state index contributed by atoms with van der Waals surface area (Å²) in [6.45, 7) is 3.47. The van der Waals surface area contributed by atoms with E-state index in [1.165, 1.54) is 167 Å². The van der Waals surface area contributed by atoms with Crippen molar-refractivity contribution in [1.82, 2.24) is 5.32 Å². The molecule has 8 N–H and O–H groups in total. The van der Waals surface area contributed by atoms with Crippen LogP contribution in [0.2, 0.25) is 0 Å². The van der Waals surface area contributed by atoms with Crippen LogP contribution >= 0.6 is 0 Å². The van der Waals surface area contributed by atoms with E-state index in [0.717, 1.165) is 38.5 Å². The van der Waals surface area contributed by atoms with Crippen LogP contribution < -0.4 is 5.32 Å². The first kappa shape index (κ1) is 58.1. The van der Waals surface area contributed by atoms with E-state index < -0.39 is 74.2 Å². The van der Waals surface area contributed by atoms with Gasteiger partial charge in [-0.25, -0.2) is 0 Å².